The van der Waals surface area contributed by atoms with Crippen LogP contribution in [0.1, 0.15) is 18.9 Å². The molecule has 12 heavy (non-hydrogen) atoms. The summed E-state index contributed by atoms with van der Waals surface area (Å²) >= 11 is 3.44. The number of hydrogen-bond acceptors (Lipinski definition) is 0. The molecule has 62 valence electrons. The lowest BCUT2D eigenvalue weighted by Crippen LogP contribution is -1.82. The molecule has 0 saturated carbocycles. The Balaban J connectivity index is 2.55. The minimum absolute atomic E-state index is 0.951. The Labute approximate surface area is 82.1 Å². The van der Waals surface area contributed by atoms with Gasteiger partial charge in [0, 0.05) is 10.9 Å². The van der Waals surface area contributed by atoms with Gasteiger partial charge in [-0.05, 0) is 31.0 Å². The highest BCUT2D eigenvalue weighted by Crippen LogP contribution is 2.12. The molecule has 0 aliphatic heterocycles. The van der Waals surface area contributed by atoms with Gasteiger partial charge < -0.3 is 0 Å². The Morgan fingerprint density at radius 3 is 2.92 bits per heavy atom. The van der Waals surface area contributed by atoms with Gasteiger partial charge in [0.1, 0.15) is 0 Å². The van der Waals surface area contributed by atoms with Gasteiger partial charge in [-0.2, -0.15) is 0 Å². The summed E-state index contributed by atoms with van der Waals surface area (Å²) in [4.78, 5) is 0. The fraction of sp³-hybridized carbons (Fsp3) is 0.273. The lowest BCUT2D eigenvalue weighted by atomic mass is 10.1. The molecule has 0 spiro atoms. The smallest absolute Gasteiger partial charge is 0.0178 e. The average molecular weight is 223 g/mol. The third-order valence-corrected chi connectivity index (χ3v) is 2.10. The summed E-state index contributed by atoms with van der Waals surface area (Å²) in [6.45, 7) is 1.88. The maximum absolute atomic E-state index is 3.44. The van der Waals surface area contributed by atoms with E-state index >= 15 is 0 Å². The zero-order chi connectivity index (χ0) is 8.81. The quantitative estimate of drug-likeness (QED) is 0.674. The number of hydrogen-bond donors (Lipinski definition) is 0. The standard InChI is InChI=1S/C11H11Br/c1-2-3-4-6-10-7-5-8-11(12)9-10/h5,7-9H,4,6H2,1H3. The van der Waals surface area contributed by atoms with Crippen molar-refractivity contribution in [3.8, 4) is 11.8 Å². The van der Waals surface area contributed by atoms with Crippen molar-refractivity contribution >= 4 is 15.9 Å². The maximum Gasteiger partial charge on any atom is 0.0178 e. The molecule has 0 unspecified atom stereocenters. The molecule has 0 aliphatic carbocycles. The molecule has 0 bridgehead atoms. The van der Waals surface area contributed by atoms with Crippen molar-refractivity contribution in [3.63, 3.8) is 0 Å². The van der Waals surface area contributed by atoms with Crippen molar-refractivity contribution in [2.45, 2.75) is 19.8 Å². The summed E-state index contributed by atoms with van der Waals surface area (Å²) in [5.74, 6) is 5.94. The van der Waals surface area contributed by atoms with E-state index in [1.165, 1.54) is 5.56 Å². The molecule has 0 radical (unpaired) electrons. The van der Waals surface area contributed by atoms with Gasteiger partial charge in [-0.15, -0.1) is 11.8 Å². The van der Waals surface area contributed by atoms with Gasteiger partial charge >= 0.3 is 0 Å². The van der Waals surface area contributed by atoms with Crippen molar-refractivity contribution in [2.24, 2.45) is 0 Å². The van der Waals surface area contributed by atoms with Crippen molar-refractivity contribution in [2.75, 3.05) is 0 Å². The predicted molar refractivity (Wildman–Crippen MR) is 55.9 cm³/mol. The van der Waals surface area contributed by atoms with Crippen molar-refractivity contribution in [1.29, 1.82) is 0 Å². The Bertz CT molecular complexity index is 304. The summed E-state index contributed by atoms with van der Waals surface area (Å²) in [5.41, 5.74) is 1.34. The molecule has 1 heteroatoms. The van der Waals surface area contributed by atoms with Gasteiger partial charge in [-0.1, -0.05) is 28.1 Å². The van der Waals surface area contributed by atoms with Crippen LogP contribution < -0.4 is 0 Å². The lowest BCUT2D eigenvalue weighted by Gasteiger charge is -1.97. The Morgan fingerprint density at radius 1 is 1.42 bits per heavy atom. The van der Waals surface area contributed by atoms with Crippen LogP contribution in [0.5, 0.6) is 0 Å². The van der Waals surface area contributed by atoms with Gasteiger partial charge in [0.25, 0.3) is 0 Å². The third kappa shape index (κ3) is 3.11. The molecule has 0 atom stereocenters. The second-order valence-corrected chi connectivity index (χ2v) is 3.47. The van der Waals surface area contributed by atoms with Gasteiger partial charge in [-0.3, -0.25) is 0 Å². The molecule has 0 N–H and O–H groups in total. The Kier molecular flexibility index (Phi) is 3.90. The number of halogens is 1. The largest absolute Gasteiger partial charge is 0.107 e. The fourth-order valence-corrected chi connectivity index (χ4v) is 1.47. The molecule has 1 aromatic carbocycles. The van der Waals surface area contributed by atoms with Crippen LogP contribution in [0.2, 0.25) is 0 Å². The molecule has 1 rings (SSSR count). The van der Waals surface area contributed by atoms with Crippen LogP contribution in [-0.2, 0) is 6.42 Å². The fourth-order valence-electron chi connectivity index (χ4n) is 1.02. The third-order valence-electron chi connectivity index (χ3n) is 1.60. The number of rotatable bonds is 2. The van der Waals surface area contributed by atoms with E-state index in [1.807, 2.05) is 13.0 Å². The van der Waals surface area contributed by atoms with E-state index in [2.05, 4.69) is 46.0 Å². The minimum atomic E-state index is 0.951. The average Bonchev–Trinajstić information content (AvgIpc) is 2.05. The minimum Gasteiger partial charge on any atom is -0.107 e. The Morgan fingerprint density at radius 2 is 2.25 bits per heavy atom. The first-order valence-corrected chi connectivity index (χ1v) is 4.76. The van der Waals surface area contributed by atoms with Crippen LogP contribution >= 0.6 is 15.9 Å². The maximum atomic E-state index is 3.44. The second-order valence-electron chi connectivity index (χ2n) is 2.56. The van der Waals surface area contributed by atoms with Crippen molar-refractivity contribution in [1.82, 2.24) is 0 Å². The number of aryl methyl sites for hydroxylation is 1. The topological polar surface area (TPSA) is 0 Å². The zero-order valence-corrected chi connectivity index (χ0v) is 8.69. The summed E-state index contributed by atoms with van der Waals surface area (Å²) < 4.78 is 1.14. The molecule has 0 aromatic heterocycles. The van der Waals surface area contributed by atoms with E-state index < -0.39 is 0 Å². The van der Waals surface area contributed by atoms with E-state index in [0.717, 1.165) is 17.3 Å². The van der Waals surface area contributed by atoms with Crippen molar-refractivity contribution in [3.05, 3.63) is 34.3 Å². The highest BCUT2D eigenvalue weighted by molar-refractivity contribution is 9.10. The highest BCUT2D eigenvalue weighted by Gasteiger charge is 1.91. The Hall–Kier alpha value is -0.740. The van der Waals surface area contributed by atoms with Crippen LogP contribution in [0.15, 0.2) is 28.7 Å². The number of benzene rings is 1. The van der Waals surface area contributed by atoms with Crippen LogP contribution in [0.3, 0.4) is 0 Å². The first-order valence-electron chi connectivity index (χ1n) is 3.97. The first kappa shape index (κ1) is 9.35. The molecule has 0 aliphatic rings. The first-order chi connectivity index (χ1) is 5.83. The van der Waals surface area contributed by atoms with E-state index in [0.29, 0.717) is 0 Å². The van der Waals surface area contributed by atoms with Gasteiger partial charge in [0.2, 0.25) is 0 Å². The summed E-state index contributed by atoms with van der Waals surface area (Å²) in [6, 6.07) is 8.35. The predicted octanol–water partition coefficient (Wildman–Crippen LogP) is 3.41. The highest BCUT2D eigenvalue weighted by atomic mass is 79.9. The molecule has 0 saturated heterocycles. The SMILES string of the molecule is CC#CCCc1cccc(Br)c1. The van der Waals surface area contributed by atoms with Gasteiger partial charge in [0.15, 0.2) is 0 Å². The van der Waals surface area contributed by atoms with E-state index in [4.69, 9.17) is 0 Å². The van der Waals surface area contributed by atoms with E-state index in [9.17, 15) is 0 Å². The van der Waals surface area contributed by atoms with E-state index in [1.54, 1.807) is 0 Å². The van der Waals surface area contributed by atoms with Gasteiger partial charge in [0.05, 0.1) is 0 Å². The molecule has 0 amide bonds. The zero-order valence-electron chi connectivity index (χ0n) is 7.10. The molecule has 0 heterocycles. The molecule has 0 fully saturated rings. The molecule has 0 nitrogen and oxygen atoms in total. The molecule has 1 aromatic rings. The van der Waals surface area contributed by atoms with E-state index in [-0.39, 0.29) is 0 Å². The van der Waals surface area contributed by atoms with Gasteiger partial charge in [-0.25, -0.2) is 0 Å². The lowest BCUT2D eigenvalue weighted by molar-refractivity contribution is 1.03. The van der Waals surface area contributed by atoms with Crippen molar-refractivity contribution < 1.29 is 0 Å². The van der Waals surface area contributed by atoms with Crippen LogP contribution in [-0.4, -0.2) is 0 Å². The second kappa shape index (κ2) is 5.00. The summed E-state index contributed by atoms with van der Waals surface area (Å²) in [6.07, 6.45) is 1.99. The monoisotopic (exact) mass is 222 g/mol. The van der Waals surface area contributed by atoms with Crippen LogP contribution in [0, 0.1) is 11.8 Å². The summed E-state index contributed by atoms with van der Waals surface area (Å²) in [5, 5.41) is 0. The summed E-state index contributed by atoms with van der Waals surface area (Å²) in [7, 11) is 0. The van der Waals surface area contributed by atoms with Crippen LogP contribution in [0.4, 0.5) is 0 Å². The normalized spacial score (nSPS) is 8.83. The molecular formula is C11H11Br. The molecular weight excluding hydrogens is 212 g/mol. The van der Waals surface area contributed by atoms with Crippen LogP contribution in [0.25, 0.3) is 0 Å².